The van der Waals surface area contributed by atoms with Crippen molar-refractivity contribution in [3.8, 4) is 0 Å². The lowest BCUT2D eigenvalue weighted by atomic mass is 10.2. The fourth-order valence-electron chi connectivity index (χ4n) is 1.93. The Hall–Kier alpha value is -1.09. The molecule has 0 amide bonds. The quantitative estimate of drug-likeness (QED) is 0.803. The molecule has 1 N–H and O–H groups in total. The Bertz CT molecular complexity index is 351. The van der Waals surface area contributed by atoms with E-state index in [1.54, 1.807) is 19.1 Å². The van der Waals surface area contributed by atoms with E-state index in [2.05, 4.69) is 17.4 Å². The number of hydrazine groups is 1. The molecule has 0 saturated carbocycles. The van der Waals surface area contributed by atoms with Crippen molar-refractivity contribution in [2.75, 3.05) is 12.0 Å². The molecule has 0 aromatic heterocycles. The topological polar surface area (TPSA) is 15.3 Å². The van der Waals surface area contributed by atoms with E-state index in [-0.39, 0.29) is 5.82 Å². The number of nitrogens with zero attached hydrogens (tertiary/aromatic N) is 1. The Balaban J connectivity index is 2.07. The minimum Gasteiger partial charge on any atom is -0.319 e. The number of hydrogen-bond acceptors (Lipinski definition) is 2. The summed E-state index contributed by atoms with van der Waals surface area (Å²) in [6, 6.07) is 5.82. The number of anilines is 1. The van der Waals surface area contributed by atoms with E-state index in [9.17, 15) is 4.39 Å². The van der Waals surface area contributed by atoms with Crippen molar-refractivity contribution in [3.63, 3.8) is 0 Å². The molecule has 1 aromatic rings. The third kappa shape index (κ3) is 2.29. The molecule has 0 bridgehead atoms. The molecular weight excluding hydrogens is 191 g/mol. The van der Waals surface area contributed by atoms with E-state index in [0.717, 1.165) is 12.2 Å². The largest absolute Gasteiger partial charge is 0.319 e. The van der Waals surface area contributed by atoms with E-state index in [4.69, 9.17) is 0 Å². The van der Waals surface area contributed by atoms with Gasteiger partial charge in [-0.25, -0.2) is 9.40 Å². The predicted octanol–water partition coefficient (Wildman–Crippen LogP) is 2.95. The van der Waals surface area contributed by atoms with Crippen LogP contribution in [0.3, 0.4) is 0 Å². The average molecular weight is 208 g/mol. The Morgan fingerprint density at radius 3 is 2.87 bits per heavy atom. The monoisotopic (exact) mass is 208 g/mol. The molecule has 1 atom stereocenters. The van der Waals surface area contributed by atoms with Crippen LogP contribution in [-0.2, 0) is 0 Å². The summed E-state index contributed by atoms with van der Waals surface area (Å²) in [5.41, 5.74) is 4.78. The molecule has 1 aromatic carbocycles. The van der Waals surface area contributed by atoms with E-state index in [0.29, 0.717) is 11.6 Å². The number of nitrogens with one attached hydrogen (secondary N) is 1. The van der Waals surface area contributed by atoms with Gasteiger partial charge >= 0.3 is 0 Å². The van der Waals surface area contributed by atoms with Crippen LogP contribution in [0.5, 0.6) is 0 Å². The highest BCUT2D eigenvalue weighted by atomic mass is 19.1. The summed E-state index contributed by atoms with van der Waals surface area (Å²) >= 11 is 0. The van der Waals surface area contributed by atoms with Gasteiger partial charge in [0.05, 0.1) is 5.69 Å². The Labute approximate surface area is 90.1 Å². The maximum absolute atomic E-state index is 13.3. The lowest BCUT2D eigenvalue weighted by Crippen LogP contribution is -2.32. The molecule has 1 saturated heterocycles. The summed E-state index contributed by atoms with van der Waals surface area (Å²) in [7, 11) is 0. The summed E-state index contributed by atoms with van der Waals surface area (Å²) < 4.78 is 13.3. The minimum atomic E-state index is -0.146. The third-order valence-corrected chi connectivity index (χ3v) is 3.00. The van der Waals surface area contributed by atoms with Gasteiger partial charge in [-0.05, 0) is 44.4 Å². The van der Waals surface area contributed by atoms with Crippen molar-refractivity contribution >= 4 is 5.69 Å². The van der Waals surface area contributed by atoms with Gasteiger partial charge in [0.15, 0.2) is 0 Å². The molecule has 1 heterocycles. The van der Waals surface area contributed by atoms with Crippen LogP contribution in [0.1, 0.15) is 25.3 Å². The zero-order valence-corrected chi connectivity index (χ0v) is 9.26. The fourth-order valence-corrected chi connectivity index (χ4v) is 1.93. The Morgan fingerprint density at radius 2 is 2.27 bits per heavy atom. The van der Waals surface area contributed by atoms with Gasteiger partial charge in [-0.2, -0.15) is 0 Å². The molecule has 1 aliphatic rings. The van der Waals surface area contributed by atoms with Gasteiger partial charge in [-0.15, -0.1) is 0 Å². The van der Waals surface area contributed by atoms with Crippen LogP contribution < -0.4 is 5.43 Å². The van der Waals surface area contributed by atoms with Crippen LogP contribution in [0, 0.1) is 12.7 Å². The molecule has 0 radical (unpaired) electrons. The first-order chi connectivity index (χ1) is 7.16. The molecule has 1 fully saturated rings. The molecule has 82 valence electrons. The minimum absolute atomic E-state index is 0.146. The van der Waals surface area contributed by atoms with Crippen molar-refractivity contribution in [1.82, 2.24) is 5.01 Å². The van der Waals surface area contributed by atoms with Crippen LogP contribution in [0.15, 0.2) is 18.2 Å². The zero-order valence-electron chi connectivity index (χ0n) is 9.26. The molecule has 1 aliphatic heterocycles. The Morgan fingerprint density at radius 1 is 1.47 bits per heavy atom. The number of halogens is 1. The molecular formula is C12H17FN2. The van der Waals surface area contributed by atoms with Gasteiger partial charge < -0.3 is 5.43 Å². The van der Waals surface area contributed by atoms with Gasteiger partial charge in [0.1, 0.15) is 5.82 Å². The van der Waals surface area contributed by atoms with Gasteiger partial charge in [-0.3, -0.25) is 0 Å². The highest BCUT2D eigenvalue weighted by molar-refractivity contribution is 5.44. The first kappa shape index (κ1) is 10.4. The first-order valence-electron chi connectivity index (χ1n) is 5.46. The van der Waals surface area contributed by atoms with E-state index in [1.807, 2.05) is 6.07 Å². The summed E-state index contributed by atoms with van der Waals surface area (Å²) in [5, 5.41) is 2.17. The van der Waals surface area contributed by atoms with Crippen molar-refractivity contribution in [3.05, 3.63) is 29.6 Å². The summed E-state index contributed by atoms with van der Waals surface area (Å²) in [6.45, 7) is 5.00. The fraction of sp³-hybridized carbons (Fsp3) is 0.500. The van der Waals surface area contributed by atoms with Crippen molar-refractivity contribution in [2.45, 2.75) is 32.7 Å². The van der Waals surface area contributed by atoms with Crippen molar-refractivity contribution in [1.29, 1.82) is 0 Å². The number of benzene rings is 1. The molecule has 3 heteroatoms. The van der Waals surface area contributed by atoms with Gasteiger partial charge in [-0.1, -0.05) is 6.07 Å². The number of aryl methyl sites for hydroxylation is 1. The van der Waals surface area contributed by atoms with E-state index >= 15 is 0 Å². The van der Waals surface area contributed by atoms with Gasteiger partial charge in [0.2, 0.25) is 0 Å². The molecule has 0 aliphatic carbocycles. The third-order valence-electron chi connectivity index (χ3n) is 3.00. The summed E-state index contributed by atoms with van der Waals surface area (Å²) in [5.74, 6) is -0.146. The second-order valence-corrected chi connectivity index (χ2v) is 4.26. The Kier molecular flexibility index (Phi) is 2.91. The van der Waals surface area contributed by atoms with Crippen LogP contribution in [0.4, 0.5) is 10.1 Å². The van der Waals surface area contributed by atoms with Crippen LogP contribution in [-0.4, -0.2) is 17.6 Å². The van der Waals surface area contributed by atoms with Crippen LogP contribution >= 0.6 is 0 Å². The average Bonchev–Trinajstić information content (AvgIpc) is 2.59. The van der Waals surface area contributed by atoms with Crippen LogP contribution in [0.2, 0.25) is 0 Å². The zero-order chi connectivity index (χ0) is 10.8. The standard InChI is InChI=1S/C12H17FN2/c1-9-5-6-11(8-12(9)13)14-15-7-3-4-10(15)2/h5-6,8,10,14H,3-4,7H2,1-2H3. The first-order valence-corrected chi connectivity index (χ1v) is 5.46. The lowest BCUT2D eigenvalue weighted by molar-refractivity contribution is 0.325. The SMILES string of the molecule is Cc1ccc(NN2CCCC2C)cc1F. The van der Waals surface area contributed by atoms with Gasteiger partial charge in [0, 0.05) is 12.6 Å². The smallest absolute Gasteiger partial charge is 0.128 e. The van der Waals surface area contributed by atoms with E-state index < -0.39 is 0 Å². The van der Waals surface area contributed by atoms with Crippen molar-refractivity contribution in [2.24, 2.45) is 0 Å². The normalized spacial score (nSPS) is 21.9. The second kappa shape index (κ2) is 4.19. The maximum atomic E-state index is 13.3. The van der Waals surface area contributed by atoms with E-state index in [1.165, 1.54) is 12.8 Å². The number of rotatable bonds is 2. The molecule has 15 heavy (non-hydrogen) atoms. The van der Waals surface area contributed by atoms with Gasteiger partial charge in [0.25, 0.3) is 0 Å². The maximum Gasteiger partial charge on any atom is 0.128 e. The van der Waals surface area contributed by atoms with Crippen LogP contribution in [0.25, 0.3) is 0 Å². The highest BCUT2D eigenvalue weighted by Crippen LogP contribution is 2.20. The van der Waals surface area contributed by atoms with Crippen molar-refractivity contribution < 1.29 is 4.39 Å². The highest BCUT2D eigenvalue weighted by Gasteiger charge is 2.19. The number of hydrogen-bond donors (Lipinski definition) is 1. The molecule has 2 nitrogen and oxygen atoms in total. The lowest BCUT2D eigenvalue weighted by Gasteiger charge is -2.23. The summed E-state index contributed by atoms with van der Waals surface area (Å²) in [4.78, 5) is 0. The molecule has 2 rings (SSSR count). The second-order valence-electron chi connectivity index (χ2n) is 4.26. The predicted molar refractivity (Wildman–Crippen MR) is 60.2 cm³/mol. The molecule has 1 unspecified atom stereocenters. The summed E-state index contributed by atoms with van der Waals surface area (Å²) in [6.07, 6.45) is 2.42. The molecule has 0 spiro atoms.